The molecule has 0 aliphatic carbocycles. The fourth-order valence-electron chi connectivity index (χ4n) is 2.11. The van der Waals surface area contributed by atoms with Crippen molar-refractivity contribution in [3.8, 4) is 0 Å². The van der Waals surface area contributed by atoms with E-state index in [9.17, 15) is 0 Å². The van der Waals surface area contributed by atoms with Crippen LogP contribution < -0.4 is 5.32 Å². The minimum atomic E-state index is 0.584. The molecule has 1 atom stereocenters. The van der Waals surface area contributed by atoms with Crippen molar-refractivity contribution >= 4 is 10.8 Å². The van der Waals surface area contributed by atoms with Gasteiger partial charge < -0.3 is 5.32 Å². The van der Waals surface area contributed by atoms with Crippen molar-refractivity contribution in [1.82, 2.24) is 5.32 Å². The zero-order chi connectivity index (χ0) is 9.38. The summed E-state index contributed by atoms with van der Waals surface area (Å²) in [5, 5.41) is 6.20. The van der Waals surface area contributed by atoms with Crippen LogP contribution in [0.3, 0.4) is 0 Å². The first kappa shape index (κ1) is 8.01. The summed E-state index contributed by atoms with van der Waals surface area (Å²) in [6.07, 6.45) is 1.27. The SMILES string of the molecule is c1ccc2c([C@H]3CCN3)cccc2c1. The van der Waals surface area contributed by atoms with Gasteiger partial charge in [0.1, 0.15) is 0 Å². The van der Waals surface area contributed by atoms with Crippen molar-refractivity contribution in [2.24, 2.45) is 0 Å². The molecular weight excluding hydrogens is 170 g/mol. The second-order valence-electron chi connectivity index (χ2n) is 3.86. The summed E-state index contributed by atoms with van der Waals surface area (Å²) in [6, 6.07) is 15.8. The van der Waals surface area contributed by atoms with E-state index in [0.29, 0.717) is 6.04 Å². The highest BCUT2D eigenvalue weighted by atomic mass is 15.0. The molecule has 0 spiro atoms. The zero-order valence-electron chi connectivity index (χ0n) is 8.03. The highest BCUT2D eigenvalue weighted by molar-refractivity contribution is 5.86. The van der Waals surface area contributed by atoms with E-state index in [4.69, 9.17) is 0 Å². The smallest absolute Gasteiger partial charge is 0.0338 e. The van der Waals surface area contributed by atoms with Crippen LogP contribution in [0.4, 0.5) is 0 Å². The molecular formula is C13H13N. The van der Waals surface area contributed by atoms with Gasteiger partial charge in [-0.05, 0) is 29.3 Å². The third-order valence-corrected chi connectivity index (χ3v) is 3.02. The summed E-state index contributed by atoms with van der Waals surface area (Å²) >= 11 is 0. The standard InChI is InChI=1S/C13H13N/c1-2-6-11-10(4-1)5-3-7-12(11)13-8-9-14-13/h1-7,13-14H,8-9H2/t13-/m1/s1. The second kappa shape index (κ2) is 3.10. The fraction of sp³-hybridized carbons (Fsp3) is 0.231. The Balaban J connectivity index is 2.22. The number of nitrogens with one attached hydrogen (secondary N) is 1. The quantitative estimate of drug-likeness (QED) is 0.716. The van der Waals surface area contributed by atoms with Crippen LogP contribution in [0.2, 0.25) is 0 Å². The van der Waals surface area contributed by atoms with Crippen LogP contribution >= 0.6 is 0 Å². The van der Waals surface area contributed by atoms with Gasteiger partial charge in [0, 0.05) is 6.04 Å². The second-order valence-corrected chi connectivity index (χ2v) is 3.86. The number of rotatable bonds is 1. The van der Waals surface area contributed by atoms with Crippen LogP contribution in [-0.4, -0.2) is 6.54 Å². The predicted octanol–water partition coefficient (Wildman–Crippen LogP) is 2.87. The van der Waals surface area contributed by atoms with Gasteiger partial charge in [-0.25, -0.2) is 0 Å². The van der Waals surface area contributed by atoms with Crippen LogP contribution in [-0.2, 0) is 0 Å². The Hall–Kier alpha value is -1.34. The summed E-state index contributed by atoms with van der Waals surface area (Å²) in [5.41, 5.74) is 1.45. The lowest BCUT2D eigenvalue weighted by atomic mass is 9.93. The van der Waals surface area contributed by atoms with Gasteiger partial charge in [-0.15, -0.1) is 0 Å². The monoisotopic (exact) mass is 183 g/mol. The minimum absolute atomic E-state index is 0.584. The van der Waals surface area contributed by atoms with Gasteiger partial charge in [0.05, 0.1) is 0 Å². The topological polar surface area (TPSA) is 12.0 Å². The maximum absolute atomic E-state index is 3.45. The zero-order valence-corrected chi connectivity index (χ0v) is 8.03. The van der Waals surface area contributed by atoms with Gasteiger partial charge in [-0.2, -0.15) is 0 Å². The Labute approximate surface area is 83.8 Å². The molecule has 0 saturated carbocycles. The lowest BCUT2D eigenvalue weighted by Crippen LogP contribution is -2.34. The van der Waals surface area contributed by atoms with Gasteiger partial charge >= 0.3 is 0 Å². The molecule has 1 nitrogen and oxygen atoms in total. The molecule has 2 aromatic rings. The predicted molar refractivity (Wildman–Crippen MR) is 59.3 cm³/mol. The van der Waals surface area contributed by atoms with E-state index >= 15 is 0 Å². The average Bonchev–Trinajstić information content (AvgIpc) is 2.16. The number of fused-ring (bicyclic) bond motifs is 1. The van der Waals surface area contributed by atoms with E-state index in [1.54, 1.807) is 0 Å². The van der Waals surface area contributed by atoms with Crippen molar-refractivity contribution in [3.63, 3.8) is 0 Å². The fourth-order valence-corrected chi connectivity index (χ4v) is 2.11. The van der Waals surface area contributed by atoms with Crippen molar-refractivity contribution in [3.05, 3.63) is 48.0 Å². The third-order valence-electron chi connectivity index (χ3n) is 3.02. The maximum Gasteiger partial charge on any atom is 0.0338 e. The van der Waals surface area contributed by atoms with Gasteiger partial charge in [-0.1, -0.05) is 42.5 Å². The summed E-state index contributed by atoms with van der Waals surface area (Å²) in [7, 11) is 0. The first-order valence-electron chi connectivity index (χ1n) is 5.16. The van der Waals surface area contributed by atoms with E-state index < -0.39 is 0 Å². The van der Waals surface area contributed by atoms with E-state index in [0.717, 1.165) is 6.54 Å². The largest absolute Gasteiger partial charge is 0.310 e. The van der Waals surface area contributed by atoms with Gasteiger partial charge in [-0.3, -0.25) is 0 Å². The summed E-state index contributed by atoms with van der Waals surface area (Å²) < 4.78 is 0. The molecule has 0 bridgehead atoms. The van der Waals surface area contributed by atoms with E-state index in [1.165, 1.54) is 22.8 Å². The molecule has 2 aromatic carbocycles. The third kappa shape index (κ3) is 1.13. The molecule has 14 heavy (non-hydrogen) atoms. The Kier molecular flexibility index (Phi) is 1.78. The Morgan fingerprint density at radius 3 is 2.57 bits per heavy atom. The highest BCUT2D eigenvalue weighted by Crippen LogP contribution is 2.29. The molecule has 0 radical (unpaired) electrons. The molecule has 1 heteroatoms. The summed E-state index contributed by atoms with van der Waals surface area (Å²) in [6.45, 7) is 1.16. The van der Waals surface area contributed by atoms with Crippen LogP contribution in [0.1, 0.15) is 18.0 Å². The molecule has 3 rings (SSSR count). The highest BCUT2D eigenvalue weighted by Gasteiger charge is 2.19. The van der Waals surface area contributed by atoms with E-state index in [1.807, 2.05) is 0 Å². The lowest BCUT2D eigenvalue weighted by Gasteiger charge is -2.29. The van der Waals surface area contributed by atoms with Crippen molar-refractivity contribution in [1.29, 1.82) is 0 Å². The number of hydrogen-bond acceptors (Lipinski definition) is 1. The van der Waals surface area contributed by atoms with Crippen LogP contribution in [0.25, 0.3) is 10.8 Å². The maximum atomic E-state index is 3.45. The minimum Gasteiger partial charge on any atom is -0.310 e. The van der Waals surface area contributed by atoms with Crippen molar-refractivity contribution < 1.29 is 0 Å². The van der Waals surface area contributed by atoms with Crippen molar-refractivity contribution in [2.75, 3.05) is 6.54 Å². The Morgan fingerprint density at radius 1 is 1.00 bits per heavy atom. The molecule has 1 saturated heterocycles. The van der Waals surface area contributed by atoms with Crippen LogP contribution in [0.15, 0.2) is 42.5 Å². The Bertz CT molecular complexity index is 452. The molecule has 0 unspecified atom stereocenters. The van der Waals surface area contributed by atoms with Crippen LogP contribution in [0, 0.1) is 0 Å². The molecule has 0 amide bonds. The van der Waals surface area contributed by atoms with E-state index in [-0.39, 0.29) is 0 Å². The molecule has 70 valence electrons. The molecule has 1 fully saturated rings. The van der Waals surface area contributed by atoms with Gasteiger partial charge in [0.2, 0.25) is 0 Å². The first-order chi connectivity index (χ1) is 6.95. The summed E-state index contributed by atoms with van der Waals surface area (Å²) in [4.78, 5) is 0. The summed E-state index contributed by atoms with van der Waals surface area (Å²) in [5.74, 6) is 0. The molecule has 1 N–H and O–H groups in total. The number of hydrogen-bond donors (Lipinski definition) is 1. The van der Waals surface area contributed by atoms with Gasteiger partial charge in [0.15, 0.2) is 0 Å². The molecule has 0 aromatic heterocycles. The van der Waals surface area contributed by atoms with Crippen molar-refractivity contribution in [2.45, 2.75) is 12.5 Å². The molecule has 1 heterocycles. The molecule has 1 aliphatic rings. The lowest BCUT2D eigenvalue weighted by molar-refractivity contribution is 0.385. The van der Waals surface area contributed by atoms with E-state index in [2.05, 4.69) is 47.8 Å². The normalized spacial score (nSPS) is 20.7. The Morgan fingerprint density at radius 2 is 1.79 bits per heavy atom. The average molecular weight is 183 g/mol. The molecule has 1 aliphatic heterocycles. The van der Waals surface area contributed by atoms with Crippen LogP contribution in [0.5, 0.6) is 0 Å². The van der Waals surface area contributed by atoms with Gasteiger partial charge in [0.25, 0.3) is 0 Å². The number of benzene rings is 2. The first-order valence-corrected chi connectivity index (χ1v) is 5.16.